The monoisotopic (exact) mass is 143 g/mol. The number of hydrogen-bond donors (Lipinski definition) is 1. The molecule has 2 N–H and O–H groups in total. The van der Waals surface area contributed by atoms with Gasteiger partial charge in [0.15, 0.2) is 0 Å². The Bertz CT molecular complexity index is 116. The van der Waals surface area contributed by atoms with Crippen LogP contribution >= 0.6 is 0 Å². The van der Waals surface area contributed by atoms with E-state index in [1.54, 1.807) is 0 Å². The molecule has 0 bridgehead atoms. The van der Waals surface area contributed by atoms with Crippen LogP contribution in [0.1, 0.15) is 12.8 Å². The molecule has 0 spiro atoms. The van der Waals surface area contributed by atoms with E-state index in [9.17, 15) is 4.79 Å². The van der Waals surface area contributed by atoms with Crippen LogP contribution in [-0.2, 0) is 9.53 Å². The van der Waals surface area contributed by atoms with Crippen molar-refractivity contribution >= 4 is 6.29 Å². The predicted molar refractivity (Wildman–Crippen MR) is 37.6 cm³/mol. The van der Waals surface area contributed by atoms with Crippen LogP contribution in [0.25, 0.3) is 0 Å². The molecule has 3 nitrogen and oxygen atoms in total. The fourth-order valence-corrected chi connectivity index (χ4v) is 1.18. The van der Waals surface area contributed by atoms with Gasteiger partial charge in [-0.2, -0.15) is 0 Å². The van der Waals surface area contributed by atoms with E-state index in [1.807, 2.05) is 0 Å². The van der Waals surface area contributed by atoms with Gasteiger partial charge in [-0.25, -0.2) is 0 Å². The average Bonchev–Trinajstić information content (AvgIpc) is 1.94. The minimum atomic E-state index is 0.166. The van der Waals surface area contributed by atoms with Crippen LogP contribution in [0.5, 0.6) is 0 Å². The van der Waals surface area contributed by atoms with Crippen molar-refractivity contribution in [2.24, 2.45) is 11.7 Å². The summed E-state index contributed by atoms with van der Waals surface area (Å²) in [4.78, 5) is 10.1. The van der Waals surface area contributed by atoms with Crippen LogP contribution in [-0.4, -0.2) is 25.5 Å². The van der Waals surface area contributed by atoms with Crippen molar-refractivity contribution in [1.29, 1.82) is 0 Å². The van der Waals surface area contributed by atoms with Crippen molar-refractivity contribution in [3.05, 3.63) is 0 Å². The average molecular weight is 143 g/mol. The van der Waals surface area contributed by atoms with Crippen molar-refractivity contribution in [2.45, 2.75) is 18.9 Å². The summed E-state index contributed by atoms with van der Waals surface area (Å²) < 4.78 is 5.17. The van der Waals surface area contributed by atoms with Gasteiger partial charge >= 0.3 is 0 Å². The minimum Gasteiger partial charge on any atom is -0.381 e. The van der Waals surface area contributed by atoms with Gasteiger partial charge in [0.05, 0.1) is 6.61 Å². The molecule has 0 aromatic heterocycles. The lowest BCUT2D eigenvalue weighted by Crippen LogP contribution is -2.38. The van der Waals surface area contributed by atoms with Crippen LogP contribution in [0, 0.1) is 5.92 Å². The van der Waals surface area contributed by atoms with Gasteiger partial charge in [-0.1, -0.05) is 0 Å². The highest BCUT2D eigenvalue weighted by molar-refractivity contribution is 5.49. The molecule has 1 aliphatic rings. The summed E-state index contributed by atoms with van der Waals surface area (Å²) in [5, 5.41) is 0. The molecule has 58 valence electrons. The Labute approximate surface area is 60.5 Å². The molecule has 2 atom stereocenters. The van der Waals surface area contributed by atoms with Gasteiger partial charge in [-0.3, -0.25) is 0 Å². The Kier molecular flexibility index (Phi) is 2.83. The first-order valence-electron chi connectivity index (χ1n) is 3.61. The molecule has 1 rings (SSSR count). The molecule has 10 heavy (non-hydrogen) atoms. The highest BCUT2D eigenvalue weighted by atomic mass is 16.5. The van der Waals surface area contributed by atoms with E-state index in [-0.39, 0.29) is 12.0 Å². The molecule has 0 saturated carbocycles. The molecule has 3 heteroatoms. The molecule has 1 saturated heterocycles. The lowest BCUT2D eigenvalue weighted by molar-refractivity contribution is -0.109. The van der Waals surface area contributed by atoms with Crippen LogP contribution in [0.4, 0.5) is 0 Å². The largest absolute Gasteiger partial charge is 0.381 e. The van der Waals surface area contributed by atoms with E-state index in [0.717, 1.165) is 19.3 Å². The Morgan fingerprint density at radius 3 is 3.10 bits per heavy atom. The fraction of sp³-hybridized carbons (Fsp3) is 0.857. The molecular formula is C7H13NO2. The Balaban J connectivity index is 2.32. The minimum absolute atomic E-state index is 0.166. The number of rotatable bonds is 2. The van der Waals surface area contributed by atoms with Gasteiger partial charge in [0, 0.05) is 25.0 Å². The van der Waals surface area contributed by atoms with E-state index in [0.29, 0.717) is 13.0 Å². The fourth-order valence-electron chi connectivity index (χ4n) is 1.18. The first-order chi connectivity index (χ1) is 4.84. The van der Waals surface area contributed by atoms with Gasteiger partial charge in [0.25, 0.3) is 0 Å². The third-order valence-corrected chi connectivity index (χ3v) is 1.93. The maximum atomic E-state index is 10.1. The van der Waals surface area contributed by atoms with Gasteiger partial charge < -0.3 is 15.3 Å². The van der Waals surface area contributed by atoms with Crippen LogP contribution in [0.2, 0.25) is 0 Å². The summed E-state index contributed by atoms with van der Waals surface area (Å²) in [6, 6.07) is 0.166. The van der Waals surface area contributed by atoms with E-state index in [2.05, 4.69) is 0 Å². The second-order valence-corrected chi connectivity index (χ2v) is 2.69. The van der Waals surface area contributed by atoms with Crippen LogP contribution in [0.15, 0.2) is 0 Å². The summed E-state index contributed by atoms with van der Waals surface area (Å²) in [5.41, 5.74) is 5.73. The number of carbonyl (C=O) groups is 1. The number of nitrogens with two attached hydrogens (primary N) is 1. The molecule has 0 aliphatic carbocycles. The summed E-state index contributed by atoms with van der Waals surface area (Å²) in [6.45, 7) is 1.40. The zero-order chi connectivity index (χ0) is 7.40. The Hall–Kier alpha value is -0.410. The summed E-state index contributed by atoms with van der Waals surface area (Å²) >= 11 is 0. The zero-order valence-corrected chi connectivity index (χ0v) is 5.95. The van der Waals surface area contributed by atoms with E-state index < -0.39 is 0 Å². The highest BCUT2D eigenvalue weighted by Gasteiger charge is 2.21. The van der Waals surface area contributed by atoms with Crippen molar-refractivity contribution in [3.63, 3.8) is 0 Å². The molecule has 0 radical (unpaired) electrons. The third-order valence-electron chi connectivity index (χ3n) is 1.93. The molecule has 0 aromatic rings. The van der Waals surface area contributed by atoms with Gasteiger partial charge in [0.1, 0.15) is 6.29 Å². The third kappa shape index (κ3) is 1.78. The molecule has 1 aliphatic heterocycles. The Morgan fingerprint density at radius 2 is 2.50 bits per heavy atom. The second kappa shape index (κ2) is 3.68. The lowest BCUT2D eigenvalue weighted by Gasteiger charge is -2.26. The molecule has 1 fully saturated rings. The number of hydrogen-bond acceptors (Lipinski definition) is 3. The van der Waals surface area contributed by atoms with Crippen molar-refractivity contribution in [3.8, 4) is 0 Å². The van der Waals surface area contributed by atoms with Gasteiger partial charge in [-0.15, -0.1) is 0 Å². The Morgan fingerprint density at radius 1 is 1.70 bits per heavy atom. The first kappa shape index (κ1) is 7.69. The molecular weight excluding hydrogens is 130 g/mol. The number of carbonyl (C=O) groups excluding carboxylic acids is 1. The van der Waals surface area contributed by atoms with Gasteiger partial charge in [-0.05, 0) is 6.42 Å². The molecule has 0 amide bonds. The number of ether oxygens (including phenoxy) is 1. The molecule has 0 aromatic carbocycles. The summed E-state index contributed by atoms with van der Waals surface area (Å²) in [6.07, 6.45) is 2.35. The maximum absolute atomic E-state index is 10.1. The van der Waals surface area contributed by atoms with Crippen molar-refractivity contribution in [2.75, 3.05) is 13.2 Å². The first-order valence-corrected chi connectivity index (χ1v) is 3.61. The zero-order valence-electron chi connectivity index (χ0n) is 5.95. The van der Waals surface area contributed by atoms with Gasteiger partial charge in [0.2, 0.25) is 0 Å². The quantitative estimate of drug-likeness (QED) is 0.551. The van der Waals surface area contributed by atoms with E-state index in [4.69, 9.17) is 10.5 Å². The van der Waals surface area contributed by atoms with E-state index >= 15 is 0 Å². The van der Waals surface area contributed by atoms with Crippen molar-refractivity contribution < 1.29 is 9.53 Å². The molecule has 1 heterocycles. The number of aldehydes is 1. The topological polar surface area (TPSA) is 52.3 Å². The summed E-state index contributed by atoms with van der Waals surface area (Å²) in [5.74, 6) is 0.256. The highest BCUT2D eigenvalue weighted by Crippen LogP contribution is 2.14. The van der Waals surface area contributed by atoms with Crippen LogP contribution in [0.3, 0.4) is 0 Å². The van der Waals surface area contributed by atoms with Crippen LogP contribution < -0.4 is 5.73 Å². The standard InChI is InChI=1S/C7H13NO2/c8-7-2-4-10-5-6(7)1-3-9/h3,6-7H,1-2,4-5,8H2. The molecule has 2 unspecified atom stereocenters. The van der Waals surface area contributed by atoms with E-state index in [1.165, 1.54) is 0 Å². The SMILES string of the molecule is NC1CCOCC1CC=O. The normalized spacial score (nSPS) is 33.7. The second-order valence-electron chi connectivity index (χ2n) is 2.69. The smallest absolute Gasteiger partial charge is 0.120 e. The predicted octanol–water partition coefficient (Wildman–Crippen LogP) is -0.0608. The van der Waals surface area contributed by atoms with Crippen molar-refractivity contribution in [1.82, 2.24) is 0 Å². The lowest BCUT2D eigenvalue weighted by atomic mass is 9.94. The maximum Gasteiger partial charge on any atom is 0.120 e. The summed E-state index contributed by atoms with van der Waals surface area (Å²) in [7, 11) is 0.